The van der Waals surface area contributed by atoms with Crippen molar-refractivity contribution in [3.8, 4) is 0 Å². The Kier molecular flexibility index (Phi) is 7.38. The molecular formula is C16H22FNO3S. The maximum Gasteiger partial charge on any atom is 0.326 e. The third-order valence-electron chi connectivity index (χ3n) is 3.24. The largest absolute Gasteiger partial charge is 0.480 e. The van der Waals surface area contributed by atoms with Crippen LogP contribution in [0.5, 0.6) is 0 Å². The van der Waals surface area contributed by atoms with Gasteiger partial charge in [0.15, 0.2) is 0 Å². The molecule has 0 bridgehead atoms. The van der Waals surface area contributed by atoms with Crippen LogP contribution in [-0.2, 0) is 16.0 Å². The molecule has 122 valence electrons. The number of carbonyl (C=O) groups excluding carboxylic acids is 1. The first-order valence-electron chi connectivity index (χ1n) is 7.25. The predicted molar refractivity (Wildman–Crippen MR) is 86.5 cm³/mol. The molecule has 0 radical (unpaired) electrons. The highest BCUT2D eigenvalue weighted by atomic mass is 32.1. The van der Waals surface area contributed by atoms with E-state index < -0.39 is 23.2 Å². The highest BCUT2D eigenvalue weighted by Crippen LogP contribution is 2.12. The Morgan fingerprint density at radius 1 is 1.27 bits per heavy atom. The number of amides is 1. The van der Waals surface area contributed by atoms with Gasteiger partial charge in [-0.1, -0.05) is 26.0 Å². The fourth-order valence-electron chi connectivity index (χ4n) is 2.05. The molecule has 0 heterocycles. The van der Waals surface area contributed by atoms with Crippen LogP contribution in [0.25, 0.3) is 0 Å². The standard InChI is InChI=1S/C16H22FNO3S/c1-10(2)9-13(16(20)21)18-15(19)14(22)8-5-11-3-6-12(17)7-4-11/h3-4,6-7,10,13-14,22H,5,8-9H2,1-2H3,(H,18,19)(H,20,21)/t13-,14+/m0/s1. The lowest BCUT2D eigenvalue weighted by atomic mass is 10.0. The summed E-state index contributed by atoms with van der Waals surface area (Å²) in [5, 5.41) is 11.0. The van der Waals surface area contributed by atoms with Gasteiger partial charge in [0, 0.05) is 0 Å². The molecule has 6 heteroatoms. The summed E-state index contributed by atoms with van der Waals surface area (Å²) >= 11 is 4.23. The molecule has 0 aliphatic carbocycles. The molecule has 2 atom stereocenters. The van der Waals surface area contributed by atoms with Crippen molar-refractivity contribution in [1.29, 1.82) is 0 Å². The predicted octanol–water partition coefficient (Wildman–Crippen LogP) is 2.67. The topological polar surface area (TPSA) is 66.4 Å². The maximum absolute atomic E-state index is 12.8. The van der Waals surface area contributed by atoms with Gasteiger partial charge in [0.1, 0.15) is 11.9 Å². The first kappa shape index (κ1) is 18.5. The van der Waals surface area contributed by atoms with Gasteiger partial charge in [-0.15, -0.1) is 0 Å². The van der Waals surface area contributed by atoms with Gasteiger partial charge < -0.3 is 10.4 Å². The molecule has 1 aromatic rings. The van der Waals surface area contributed by atoms with Gasteiger partial charge in [-0.05, 0) is 42.9 Å². The van der Waals surface area contributed by atoms with Crippen LogP contribution in [-0.4, -0.2) is 28.3 Å². The summed E-state index contributed by atoms with van der Waals surface area (Å²) in [5.41, 5.74) is 0.908. The van der Waals surface area contributed by atoms with E-state index in [-0.39, 0.29) is 11.7 Å². The van der Waals surface area contributed by atoms with E-state index >= 15 is 0 Å². The lowest BCUT2D eigenvalue weighted by molar-refractivity contribution is -0.142. The average molecular weight is 327 g/mol. The summed E-state index contributed by atoms with van der Waals surface area (Å²) in [7, 11) is 0. The Hall–Kier alpha value is -1.56. The van der Waals surface area contributed by atoms with Crippen LogP contribution in [0.3, 0.4) is 0 Å². The number of thiol groups is 1. The van der Waals surface area contributed by atoms with Crippen molar-refractivity contribution in [2.24, 2.45) is 5.92 Å². The number of benzene rings is 1. The number of hydrogen-bond donors (Lipinski definition) is 3. The molecular weight excluding hydrogens is 305 g/mol. The Balaban J connectivity index is 2.49. The van der Waals surface area contributed by atoms with Crippen LogP contribution in [0.1, 0.15) is 32.3 Å². The molecule has 1 rings (SSSR count). The van der Waals surface area contributed by atoms with Crippen LogP contribution < -0.4 is 5.32 Å². The van der Waals surface area contributed by atoms with Crippen molar-refractivity contribution < 1.29 is 19.1 Å². The highest BCUT2D eigenvalue weighted by molar-refractivity contribution is 7.81. The Bertz CT molecular complexity index is 505. The molecule has 0 aliphatic heterocycles. The Morgan fingerprint density at radius 3 is 2.36 bits per heavy atom. The second-order valence-corrected chi connectivity index (χ2v) is 6.33. The molecule has 1 aromatic carbocycles. The van der Waals surface area contributed by atoms with Crippen molar-refractivity contribution >= 4 is 24.5 Å². The molecule has 0 aromatic heterocycles. The fourth-order valence-corrected chi connectivity index (χ4v) is 2.25. The third kappa shape index (κ3) is 6.47. The zero-order valence-corrected chi connectivity index (χ0v) is 13.6. The molecule has 0 saturated heterocycles. The maximum atomic E-state index is 12.8. The number of rotatable bonds is 8. The number of carbonyl (C=O) groups is 2. The molecule has 0 unspecified atom stereocenters. The van der Waals surface area contributed by atoms with E-state index in [0.29, 0.717) is 19.3 Å². The molecule has 0 spiro atoms. The zero-order chi connectivity index (χ0) is 16.7. The van der Waals surface area contributed by atoms with Crippen LogP contribution in [0, 0.1) is 11.7 Å². The van der Waals surface area contributed by atoms with Crippen molar-refractivity contribution in [1.82, 2.24) is 5.32 Å². The van der Waals surface area contributed by atoms with Crippen LogP contribution >= 0.6 is 12.6 Å². The van der Waals surface area contributed by atoms with Gasteiger partial charge in [0.2, 0.25) is 5.91 Å². The number of hydrogen-bond acceptors (Lipinski definition) is 3. The van der Waals surface area contributed by atoms with E-state index in [4.69, 9.17) is 5.11 Å². The van der Waals surface area contributed by atoms with Crippen LogP contribution in [0.4, 0.5) is 4.39 Å². The first-order chi connectivity index (χ1) is 10.3. The summed E-state index contributed by atoms with van der Waals surface area (Å²) in [6.07, 6.45) is 1.40. The molecule has 0 aliphatic rings. The minimum Gasteiger partial charge on any atom is -0.480 e. The Labute approximate surface area is 135 Å². The van der Waals surface area contributed by atoms with Gasteiger partial charge in [-0.2, -0.15) is 12.6 Å². The number of aliphatic carboxylic acids is 1. The van der Waals surface area contributed by atoms with E-state index in [9.17, 15) is 14.0 Å². The number of nitrogens with one attached hydrogen (secondary N) is 1. The van der Waals surface area contributed by atoms with Gasteiger partial charge in [0.25, 0.3) is 0 Å². The lowest BCUT2D eigenvalue weighted by Crippen LogP contribution is -2.44. The molecule has 4 nitrogen and oxygen atoms in total. The minimum absolute atomic E-state index is 0.166. The summed E-state index contributed by atoms with van der Waals surface area (Å²) in [6.45, 7) is 3.80. The Morgan fingerprint density at radius 2 is 1.86 bits per heavy atom. The van der Waals surface area contributed by atoms with Gasteiger partial charge >= 0.3 is 5.97 Å². The third-order valence-corrected chi connectivity index (χ3v) is 3.74. The number of carboxylic acid groups (broad SMARTS) is 1. The normalized spacial score (nSPS) is 13.7. The van der Waals surface area contributed by atoms with Crippen molar-refractivity contribution in [2.45, 2.75) is 44.4 Å². The summed E-state index contributed by atoms with van der Waals surface area (Å²) < 4.78 is 12.8. The van der Waals surface area contributed by atoms with Crippen molar-refractivity contribution in [3.05, 3.63) is 35.6 Å². The second-order valence-electron chi connectivity index (χ2n) is 5.71. The van der Waals surface area contributed by atoms with Crippen molar-refractivity contribution in [3.63, 3.8) is 0 Å². The number of carboxylic acids is 1. The molecule has 0 fully saturated rings. The zero-order valence-electron chi connectivity index (χ0n) is 12.8. The van der Waals surface area contributed by atoms with Crippen LogP contribution in [0.15, 0.2) is 24.3 Å². The highest BCUT2D eigenvalue weighted by Gasteiger charge is 2.24. The monoisotopic (exact) mass is 327 g/mol. The lowest BCUT2D eigenvalue weighted by Gasteiger charge is -2.19. The average Bonchev–Trinajstić information content (AvgIpc) is 2.44. The molecule has 0 saturated carbocycles. The summed E-state index contributed by atoms with van der Waals surface area (Å²) in [4.78, 5) is 23.1. The van der Waals surface area contributed by atoms with Crippen molar-refractivity contribution in [2.75, 3.05) is 0 Å². The van der Waals surface area contributed by atoms with Gasteiger partial charge in [0.05, 0.1) is 5.25 Å². The number of halogens is 1. The van der Waals surface area contributed by atoms with E-state index in [1.807, 2.05) is 13.8 Å². The second kappa shape index (κ2) is 8.78. The summed E-state index contributed by atoms with van der Waals surface area (Å²) in [5.74, 6) is -1.57. The number of aryl methyl sites for hydroxylation is 1. The van der Waals surface area contributed by atoms with E-state index in [2.05, 4.69) is 17.9 Å². The molecule has 2 N–H and O–H groups in total. The van der Waals surface area contributed by atoms with Gasteiger partial charge in [-0.3, -0.25) is 4.79 Å². The smallest absolute Gasteiger partial charge is 0.326 e. The van der Waals surface area contributed by atoms with E-state index in [1.165, 1.54) is 12.1 Å². The van der Waals surface area contributed by atoms with E-state index in [1.54, 1.807) is 12.1 Å². The quantitative estimate of drug-likeness (QED) is 0.643. The van der Waals surface area contributed by atoms with Crippen LogP contribution in [0.2, 0.25) is 0 Å². The fraction of sp³-hybridized carbons (Fsp3) is 0.500. The first-order valence-corrected chi connectivity index (χ1v) is 7.77. The minimum atomic E-state index is -1.04. The molecule has 22 heavy (non-hydrogen) atoms. The summed E-state index contributed by atoms with van der Waals surface area (Å²) in [6, 6.07) is 5.16. The van der Waals surface area contributed by atoms with E-state index in [0.717, 1.165) is 5.56 Å². The SMILES string of the molecule is CC(C)C[C@H](NC(=O)[C@H](S)CCc1ccc(F)cc1)C(=O)O. The van der Waals surface area contributed by atoms with Gasteiger partial charge in [-0.25, -0.2) is 9.18 Å². The molecule has 1 amide bonds.